The molecule has 0 atom stereocenters. The number of aromatic nitrogens is 2. The molecule has 0 aliphatic carbocycles. The number of nitrogens with zero attached hydrogens (tertiary/aromatic N) is 1. The van der Waals surface area contributed by atoms with Crippen LogP contribution in [0.2, 0.25) is 0 Å². The number of rotatable bonds is 3. The van der Waals surface area contributed by atoms with E-state index in [9.17, 15) is 22.5 Å². The van der Waals surface area contributed by atoms with Crippen LogP contribution in [-0.2, 0) is 12.9 Å². The zero-order valence-electron chi connectivity index (χ0n) is 8.97. The van der Waals surface area contributed by atoms with Crippen LogP contribution in [0, 0.1) is 0 Å². The molecule has 0 unspecified atom stereocenters. The second-order valence-corrected chi connectivity index (χ2v) is 3.13. The summed E-state index contributed by atoms with van der Waals surface area (Å²) in [5, 5.41) is 0. The Kier molecular flexibility index (Phi) is 6.26. The van der Waals surface area contributed by atoms with Gasteiger partial charge in [0.1, 0.15) is 0 Å². The molecule has 0 saturated heterocycles. The van der Waals surface area contributed by atoms with E-state index in [2.05, 4.69) is 0 Å². The molecule has 4 nitrogen and oxygen atoms in total. The number of aromatic amines is 1. The van der Waals surface area contributed by atoms with Crippen molar-refractivity contribution in [2.24, 2.45) is 0 Å². The van der Waals surface area contributed by atoms with E-state index < -0.39 is 24.7 Å². The summed E-state index contributed by atoms with van der Waals surface area (Å²) in [6.45, 7) is -3.47. The van der Waals surface area contributed by atoms with Gasteiger partial charge < -0.3 is 17.5 Å². The molecule has 84 valence electrons. The van der Waals surface area contributed by atoms with Gasteiger partial charge in [-0.05, 0) is 12.9 Å². The first-order chi connectivity index (χ1) is 6.83. The first kappa shape index (κ1) is 16.2. The largest absolute Gasteiger partial charge is 1.00 e. The molecule has 1 aromatic heterocycles. The van der Waals surface area contributed by atoms with E-state index >= 15 is 0 Å². The van der Waals surface area contributed by atoms with Gasteiger partial charge in [0.15, 0.2) is 0 Å². The fraction of sp³-hybridized carbons (Fsp3) is 0.429. The third-order valence-corrected chi connectivity index (χ3v) is 1.87. The Hall–Kier alpha value is 0.171. The minimum Gasteiger partial charge on any atom is -0.448 e. The predicted octanol–water partition coefficient (Wildman–Crippen LogP) is -2.51. The van der Waals surface area contributed by atoms with Gasteiger partial charge in [-0.2, -0.15) is 0 Å². The normalized spacial score (nSPS) is 11.0. The standard InChI is InChI=1S/C7H9BF3N2O2.K/c1-2-5-3-13(4-8(9,10)11)7(15)12-6(5)14;/h3H,2,4H2,1H3,(H,12,14,15);/q-1;+1. The smallest absolute Gasteiger partial charge is 0.448 e. The number of hydrogen-bond donors (Lipinski definition) is 1. The first-order valence-corrected chi connectivity index (χ1v) is 4.37. The van der Waals surface area contributed by atoms with Crippen molar-refractivity contribution in [2.75, 3.05) is 0 Å². The Morgan fingerprint density at radius 3 is 2.38 bits per heavy atom. The Balaban J connectivity index is 0.00000225. The van der Waals surface area contributed by atoms with Crippen LogP contribution in [0.3, 0.4) is 0 Å². The predicted molar refractivity (Wildman–Crippen MR) is 49.8 cm³/mol. The minimum absolute atomic E-state index is 0. The molecule has 9 heteroatoms. The SMILES string of the molecule is CCc1cn(C[B-](F)(F)F)c(=O)[nH]c1=O.[K+]. The van der Waals surface area contributed by atoms with Crippen molar-refractivity contribution >= 4 is 6.98 Å². The van der Waals surface area contributed by atoms with Gasteiger partial charge in [-0.1, -0.05) is 6.92 Å². The van der Waals surface area contributed by atoms with Gasteiger partial charge in [0.25, 0.3) is 5.56 Å². The molecule has 1 aromatic rings. The Labute approximate surface area is 132 Å². The summed E-state index contributed by atoms with van der Waals surface area (Å²) in [6, 6.07) is 0. The van der Waals surface area contributed by atoms with Gasteiger partial charge in [-0.3, -0.25) is 9.78 Å². The molecule has 0 fully saturated rings. The molecule has 1 heterocycles. The molecular formula is C7H9BF3KN2O2. The molecule has 1 N–H and O–H groups in total. The van der Waals surface area contributed by atoms with E-state index in [1.54, 1.807) is 6.92 Å². The van der Waals surface area contributed by atoms with E-state index in [0.717, 1.165) is 6.20 Å². The fourth-order valence-electron chi connectivity index (χ4n) is 1.17. The third-order valence-electron chi connectivity index (χ3n) is 1.87. The van der Waals surface area contributed by atoms with Crippen molar-refractivity contribution in [1.29, 1.82) is 0 Å². The molecule has 0 saturated carbocycles. The van der Waals surface area contributed by atoms with Crippen LogP contribution in [0.1, 0.15) is 12.5 Å². The Bertz CT molecular complexity index is 468. The number of halogens is 3. The van der Waals surface area contributed by atoms with Crippen molar-refractivity contribution < 1.29 is 64.3 Å². The van der Waals surface area contributed by atoms with Crippen LogP contribution >= 0.6 is 0 Å². The Morgan fingerprint density at radius 1 is 1.38 bits per heavy atom. The molecule has 0 aliphatic heterocycles. The van der Waals surface area contributed by atoms with Crippen LogP contribution in [0.15, 0.2) is 15.8 Å². The van der Waals surface area contributed by atoms with Crippen LogP contribution in [0.25, 0.3) is 0 Å². The summed E-state index contributed by atoms with van der Waals surface area (Å²) in [5.74, 6) is 0. The third kappa shape index (κ3) is 4.58. The maximum Gasteiger partial charge on any atom is 1.00 e. The van der Waals surface area contributed by atoms with Gasteiger partial charge in [-0.25, -0.2) is 4.79 Å². The monoisotopic (exact) mass is 260 g/mol. The second kappa shape index (κ2) is 6.20. The number of H-pyrrole nitrogens is 1. The van der Waals surface area contributed by atoms with Gasteiger partial charge in [-0.15, -0.1) is 0 Å². The molecule has 0 aliphatic rings. The molecule has 0 aromatic carbocycles. The van der Waals surface area contributed by atoms with Crippen LogP contribution in [0.4, 0.5) is 12.9 Å². The van der Waals surface area contributed by atoms with Crippen molar-refractivity contribution in [2.45, 2.75) is 19.8 Å². The van der Waals surface area contributed by atoms with Crippen molar-refractivity contribution in [3.8, 4) is 0 Å². The average Bonchev–Trinajstić information content (AvgIpc) is 2.07. The van der Waals surface area contributed by atoms with E-state index in [1.807, 2.05) is 4.98 Å². The number of hydrogen-bond acceptors (Lipinski definition) is 2. The van der Waals surface area contributed by atoms with Crippen LogP contribution in [0.5, 0.6) is 0 Å². The molecule has 0 radical (unpaired) electrons. The van der Waals surface area contributed by atoms with E-state index in [-0.39, 0.29) is 63.4 Å². The summed E-state index contributed by atoms with van der Waals surface area (Å²) in [7, 11) is 0. The zero-order chi connectivity index (χ0) is 11.6. The zero-order valence-corrected chi connectivity index (χ0v) is 12.1. The first-order valence-electron chi connectivity index (χ1n) is 4.37. The molecule has 0 bridgehead atoms. The molecule has 1 rings (SSSR count). The molecule has 0 spiro atoms. The molecule has 0 amide bonds. The number of nitrogens with one attached hydrogen (secondary N) is 1. The summed E-state index contributed by atoms with van der Waals surface area (Å²) >= 11 is 0. The molecular weight excluding hydrogens is 251 g/mol. The maximum atomic E-state index is 12.1. The summed E-state index contributed by atoms with van der Waals surface area (Å²) in [4.78, 5) is 23.9. The Morgan fingerprint density at radius 2 is 1.94 bits per heavy atom. The van der Waals surface area contributed by atoms with E-state index in [1.165, 1.54) is 0 Å². The van der Waals surface area contributed by atoms with Crippen LogP contribution in [-0.4, -0.2) is 16.5 Å². The summed E-state index contributed by atoms with van der Waals surface area (Å²) in [6.07, 6.45) is -0.0977. The van der Waals surface area contributed by atoms with Gasteiger partial charge in [0.05, 0.1) is 0 Å². The topological polar surface area (TPSA) is 54.9 Å². The quantitative estimate of drug-likeness (QED) is 0.610. The van der Waals surface area contributed by atoms with E-state index in [0.29, 0.717) is 4.57 Å². The number of aryl methyl sites for hydroxylation is 1. The summed E-state index contributed by atoms with van der Waals surface area (Å²) in [5.41, 5.74) is -1.50. The van der Waals surface area contributed by atoms with Crippen molar-refractivity contribution in [1.82, 2.24) is 9.55 Å². The van der Waals surface area contributed by atoms with Crippen LogP contribution < -0.4 is 62.6 Å². The van der Waals surface area contributed by atoms with Gasteiger partial charge >= 0.3 is 64.1 Å². The summed E-state index contributed by atoms with van der Waals surface area (Å²) < 4.78 is 36.7. The van der Waals surface area contributed by atoms with Crippen molar-refractivity contribution in [3.05, 3.63) is 32.6 Å². The van der Waals surface area contributed by atoms with Crippen molar-refractivity contribution in [3.63, 3.8) is 0 Å². The fourth-order valence-corrected chi connectivity index (χ4v) is 1.17. The van der Waals surface area contributed by atoms with Gasteiger partial charge in [0.2, 0.25) is 0 Å². The van der Waals surface area contributed by atoms with Gasteiger partial charge in [0, 0.05) is 11.8 Å². The second-order valence-electron chi connectivity index (χ2n) is 3.13. The molecule has 16 heavy (non-hydrogen) atoms. The average molecular weight is 260 g/mol. The van der Waals surface area contributed by atoms with E-state index in [4.69, 9.17) is 0 Å². The minimum atomic E-state index is -5.09. The maximum absolute atomic E-state index is 12.1.